The molecule has 0 saturated carbocycles. The van der Waals surface area contributed by atoms with Gasteiger partial charge in [0.2, 0.25) is 0 Å². The van der Waals surface area contributed by atoms with Crippen LogP contribution in [0.3, 0.4) is 0 Å². The van der Waals surface area contributed by atoms with E-state index in [-0.39, 0.29) is 0 Å². The third-order valence-corrected chi connectivity index (χ3v) is 4.03. The molecule has 2 aromatic rings. The zero-order valence-corrected chi connectivity index (χ0v) is 15.2. The van der Waals surface area contributed by atoms with Crippen LogP contribution in [0.25, 0.3) is 0 Å². The van der Waals surface area contributed by atoms with Gasteiger partial charge in [0.25, 0.3) is 0 Å². The van der Waals surface area contributed by atoms with E-state index < -0.39 is 0 Å². The summed E-state index contributed by atoms with van der Waals surface area (Å²) in [4.78, 5) is 2.09. The highest BCUT2D eigenvalue weighted by molar-refractivity contribution is 7.80. The van der Waals surface area contributed by atoms with E-state index in [1.165, 1.54) is 5.56 Å². The Balaban J connectivity index is 2.14. The van der Waals surface area contributed by atoms with E-state index >= 15 is 0 Å². The summed E-state index contributed by atoms with van der Waals surface area (Å²) < 4.78 is 10.6. The van der Waals surface area contributed by atoms with Crippen LogP contribution in [-0.4, -0.2) is 37.4 Å². The Bertz CT molecular complexity index is 662. The number of methoxy groups -OCH3 is 2. The SMILES string of the molecule is COCCN(Cc1ccccc1)C(=S)Nc1cc(C)ccc1OC. The van der Waals surface area contributed by atoms with Crippen LogP contribution < -0.4 is 10.1 Å². The Hall–Kier alpha value is -2.11. The van der Waals surface area contributed by atoms with Crippen LogP contribution in [0.1, 0.15) is 11.1 Å². The minimum absolute atomic E-state index is 0.611. The largest absolute Gasteiger partial charge is 0.495 e. The fourth-order valence-electron chi connectivity index (χ4n) is 2.37. The maximum absolute atomic E-state index is 5.62. The van der Waals surface area contributed by atoms with Gasteiger partial charge in [0, 0.05) is 20.2 Å². The lowest BCUT2D eigenvalue weighted by Gasteiger charge is -2.26. The molecule has 4 nitrogen and oxygen atoms in total. The van der Waals surface area contributed by atoms with Gasteiger partial charge in [-0.1, -0.05) is 36.4 Å². The first-order chi connectivity index (χ1) is 11.6. The van der Waals surface area contributed by atoms with Gasteiger partial charge in [-0.05, 0) is 42.4 Å². The van der Waals surface area contributed by atoms with Crippen molar-refractivity contribution in [1.29, 1.82) is 0 Å². The van der Waals surface area contributed by atoms with E-state index in [1.54, 1.807) is 14.2 Å². The standard InChI is InChI=1S/C19H24N2O2S/c1-15-9-10-18(23-3)17(13-15)20-19(24)21(11-12-22-2)14-16-7-5-4-6-8-16/h4-10,13H,11-12,14H2,1-3H3,(H,20,24). The summed E-state index contributed by atoms with van der Waals surface area (Å²) in [7, 11) is 3.35. The van der Waals surface area contributed by atoms with Gasteiger partial charge in [0.05, 0.1) is 19.4 Å². The number of ether oxygens (including phenoxy) is 2. The monoisotopic (exact) mass is 344 g/mol. The van der Waals surface area contributed by atoms with Crippen LogP contribution in [0.2, 0.25) is 0 Å². The summed E-state index contributed by atoms with van der Waals surface area (Å²) in [6, 6.07) is 16.2. The summed E-state index contributed by atoms with van der Waals surface area (Å²) in [5.74, 6) is 0.773. The summed E-state index contributed by atoms with van der Waals surface area (Å²) in [6.07, 6.45) is 0. The molecule has 5 heteroatoms. The fourth-order valence-corrected chi connectivity index (χ4v) is 2.64. The molecule has 2 aromatic carbocycles. The van der Waals surface area contributed by atoms with Crippen molar-refractivity contribution >= 4 is 23.0 Å². The van der Waals surface area contributed by atoms with Gasteiger partial charge in [-0.15, -0.1) is 0 Å². The zero-order chi connectivity index (χ0) is 17.4. The highest BCUT2D eigenvalue weighted by Crippen LogP contribution is 2.25. The fraction of sp³-hybridized carbons (Fsp3) is 0.316. The Morgan fingerprint density at radius 2 is 1.88 bits per heavy atom. The van der Waals surface area contributed by atoms with Crippen LogP contribution >= 0.6 is 12.2 Å². The number of rotatable bonds is 7. The number of nitrogens with one attached hydrogen (secondary N) is 1. The average Bonchev–Trinajstić information content (AvgIpc) is 2.59. The quantitative estimate of drug-likeness (QED) is 0.772. The molecule has 24 heavy (non-hydrogen) atoms. The molecule has 2 rings (SSSR count). The van der Waals surface area contributed by atoms with Crippen molar-refractivity contribution in [3.05, 3.63) is 59.7 Å². The predicted octanol–water partition coefficient (Wildman–Crippen LogP) is 3.85. The van der Waals surface area contributed by atoms with Crippen LogP contribution in [-0.2, 0) is 11.3 Å². The molecule has 0 heterocycles. The zero-order valence-electron chi connectivity index (χ0n) is 14.4. The molecule has 0 radical (unpaired) electrons. The molecule has 0 aliphatic rings. The number of thiocarbonyl (C=S) groups is 1. The molecular weight excluding hydrogens is 320 g/mol. The first-order valence-corrected chi connectivity index (χ1v) is 8.28. The Kier molecular flexibility index (Phi) is 7.03. The molecule has 0 bridgehead atoms. The molecule has 0 unspecified atom stereocenters. The second-order valence-corrected chi connectivity index (χ2v) is 5.92. The number of anilines is 1. The number of aryl methyl sites for hydroxylation is 1. The van der Waals surface area contributed by atoms with Gasteiger partial charge >= 0.3 is 0 Å². The topological polar surface area (TPSA) is 33.7 Å². The molecule has 0 amide bonds. The van der Waals surface area contributed by atoms with Crippen molar-refractivity contribution < 1.29 is 9.47 Å². The number of hydrogen-bond acceptors (Lipinski definition) is 3. The molecule has 0 atom stereocenters. The van der Waals surface area contributed by atoms with Crippen molar-refractivity contribution in [3.63, 3.8) is 0 Å². The number of hydrogen-bond donors (Lipinski definition) is 1. The van der Waals surface area contributed by atoms with Gasteiger partial charge < -0.3 is 19.7 Å². The molecule has 0 aliphatic carbocycles. The lowest BCUT2D eigenvalue weighted by atomic mass is 10.2. The number of nitrogens with zero attached hydrogens (tertiary/aromatic N) is 1. The molecule has 0 aromatic heterocycles. The Morgan fingerprint density at radius 3 is 2.54 bits per heavy atom. The molecule has 128 valence electrons. The van der Waals surface area contributed by atoms with Crippen molar-refractivity contribution in [2.45, 2.75) is 13.5 Å². The highest BCUT2D eigenvalue weighted by Gasteiger charge is 2.13. The van der Waals surface area contributed by atoms with Crippen molar-refractivity contribution in [2.24, 2.45) is 0 Å². The van der Waals surface area contributed by atoms with Crippen LogP contribution in [0.5, 0.6) is 5.75 Å². The minimum atomic E-state index is 0.611. The predicted molar refractivity (Wildman–Crippen MR) is 103 cm³/mol. The summed E-state index contributed by atoms with van der Waals surface area (Å²) in [5, 5.41) is 3.96. The summed E-state index contributed by atoms with van der Waals surface area (Å²) in [6.45, 7) is 4.09. The highest BCUT2D eigenvalue weighted by atomic mass is 32.1. The average molecular weight is 344 g/mol. The third-order valence-electron chi connectivity index (χ3n) is 3.67. The lowest BCUT2D eigenvalue weighted by molar-refractivity contribution is 0.175. The van der Waals surface area contributed by atoms with E-state index in [9.17, 15) is 0 Å². The van der Waals surface area contributed by atoms with E-state index in [0.29, 0.717) is 18.3 Å². The molecule has 1 N–H and O–H groups in total. The van der Waals surface area contributed by atoms with Gasteiger partial charge in [-0.2, -0.15) is 0 Å². The van der Waals surface area contributed by atoms with Gasteiger partial charge in [0.1, 0.15) is 5.75 Å². The van der Waals surface area contributed by atoms with Crippen molar-refractivity contribution in [2.75, 3.05) is 32.7 Å². The second-order valence-electron chi connectivity index (χ2n) is 5.53. The van der Waals surface area contributed by atoms with E-state index in [1.807, 2.05) is 43.3 Å². The van der Waals surface area contributed by atoms with Gasteiger partial charge in [0.15, 0.2) is 5.11 Å². The van der Waals surface area contributed by atoms with E-state index in [0.717, 1.165) is 23.5 Å². The van der Waals surface area contributed by atoms with Crippen LogP contribution in [0, 0.1) is 6.92 Å². The Morgan fingerprint density at radius 1 is 1.12 bits per heavy atom. The van der Waals surface area contributed by atoms with Crippen LogP contribution in [0.4, 0.5) is 5.69 Å². The van der Waals surface area contributed by atoms with Gasteiger partial charge in [-0.3, -0.25) is 0 Å². The molecule has 0 aliphatic heterocycles. The van der Waals surface area contributed by atoms with Crippen molar-refractivity contribution in [1.82, 2.24) is 4.90 Å². The normalized spacial score (nSPS) is 10.3. The maximum atomic E-state index is 5.62. The molecule has 0 spiro atoms. The third kappa shape index (κ3) is 5.22. The number of benzene rings is 2. The van der Waals surface area contributed by atoms with Crippen molar-refractivity contribution in [3.8, 4) is 5.75 Å². The van der Waals surface area contributed by atoms with Gasteiger partial charge in [-0.25, -0.2) is 0 Å². The first kappa shape index (κ1) is 18.2. The Labute approximate surface area is 149 Å². The first-order valence-electron chi connectivity index (χ1n) is 7.87. The van der Waals surface area contributed by atoms with Crippen LogP contribution in [0.15, 0.2) is 48.5 Å². The summed E-state index contributed by atoms with van der Waals surface area (Å²) in [5.41, 5.74) is 3.22. The van der Waals surface area contributed by atoms with E-state index in [2.05, 4.69) is 22.3 Å². The maximum Gasteiger partial charge on any atom is 0.173 e. The van der Waals surface area contributed by atoms with E-state index in [4.69, 9.17) is 21.7 Å². The molecule has 0 saturated heterocycles. The minimum Gasteiger partial charge on any atom is -0.495 e. The molecular formula is C19H24N2O2S. The lowest BCUT2D eigenvalue weighted by Crippen LogP contribution is -2.36. The second kappa shape index (κ2) is 9.25. The smallest absolute Gasteiger partial charge is 0.173 e. The summed E-state index contributed by atoms with van der Waals surface area (Å²) >= 11 is 5.62. The molecule has 0 fully saturated rings.